The Morgan fingerprint density at radius 2 is 1.86 bits per heavy atom. The zero-order valence-electron chi connectivity index (χ0n) is 11.8. The Hall–Kier alpha value is -1.42. The molecule has 0 aliphatic rings. The second-order valence-corrected chi connectivity index (χ2v) is 5.45. The lowest BCUT2D eigenvalue weighted by atomic mass is 10.1. The summed E-state index contributed by atoms with van der Waals surface area (Å²) in [6, 6.07) is 10.5. The second-order valence-electron chi connectivity index (χ2n) is 4.61. The molecule has 0 radical (unpaired) electrons. The summed E-state index contributed by atoms with van der Waals surface area (Å²) in [7, 11) is 1.56. The van der Waals surface area contributed by atoms with Crippen LogP contribution in [0, 0.1) is 0 Å². The molecule has 2 aromatic rings. The zero-order chi connectivity index (χ0) is 15.4. The van der Waals surface area contributed by atoms with Gasteiger partial charge in [0.25, 0.3) is 0 Å². The van der Waals surface area contributed by atoms with Gasteiger partial charge in [0.2, 0.25) is 0 Å². The largest absolute Gasteiger partial charge is 0.493 e. The Morgan fingerprint density at radius 1 is 1.10 bits per heavy atom. The van der Waals surface area contributed by atoms with Crippen LogP contribution in [0.15, 0.2) is 36.4 Å². The Labute approximate surface area is 134 Å². The summed E-state index contributed by atoms with van der Waals surface area (Å²) in [5.74, 6) is 1.14. The van der Waals surface area contributed by atoms with Gasteiger partial charge in [-0.15, -0.1) is 0 Å². The smallest absolute Gasteiger partial charge is 0.161 e. The number of halogens is 2. The number of benzene rings is 2. The SMILES string of the molecule is COc1cc([C@H](C)O)ccc1OCc1cc(Cl)ccc1Cl. The van der Waals surface area contributed by atoms with Gasteiger partial charge in [0, 0.05) is 15.6 Å². The molecule has 0 heterocycles. The lowest BCUT2D eigenvalue weighted by Gasteiger charge is -2.14. The highest BCUT2D eigenvalue weighted by Crippen LogP contribution is 2.31. The fourth-order valence-corrected chi connectivity index (χ4v) is 2.24. The minimum absolute atomic E-state index is 0.282. The van der Waals surface area contributed by atoms with E-state index in [4.69, 9.17) is 32.7 Å². The van der Waals surface area contributed by atoms with E-state index in [0.29, 0.717) is 21.5 Å². The molecule has 0 saturated heterocycles. The summed E-state index contributed by atoms with van der Waals surface area (Å²) in [6.07, 6.45) is -0.560. The molecular formula is C16H16Cl2O3. The Morgan fingerprint density at radius 3 is 2.52 bits per heavy atom. The molecule has 5 heteroatoms. The van der Waals surface area contributed by atoms with Crippen molar-refractivity contribution in [1.29, 1.82) is 0 Å². The Bertz CT molecular complexity index is 627. The molecule has 0 aliphatic heterocycles. The van der Waals surface area contributed by atoms with Gasteiger partial charge in [-0.05, 0) is 42.8 Å². The third-order valence-electron chi connectivity index (χ3n) is 3.06. The first-order valence-corrected chi connectivity index (χ1v) is 7.19. The summed E-state index contributed by atoms with van der Waals surface area (Å²) < 4.78 is 11.0. The molecular weight excluding hydrogens is 311 g/mol. The molecule has 2 aromatic carbocycles. The van der Waals surface area contributed by atoms with E-state index in [-0.39, 0.29) is 6.61 Å². The molecule has 1 N–H and O–H groups in total. The van der Waals surface area contributed by atoms with Crippen LogP contribution in [0.2, 0.25) is 10.0 Å². The summed E-state index contributed by atoms with van der Waals surface area (Å²) in [5.41, 5.74) is 1.56. The van der Waals surface area contributed by atoms with Crippen LogP contribution in [0.1, 0.15) is 24.2 Å². The van der Waals surface area contributed by atoms with Crippen LogP contribution in [-0.4, -0.2) is 12.2 Å². The van der Waals surface area contributed by atoms with Crippen LogP contribution < -0.4 is 9.47 Å². The van der Waals surface area contributed by atoms with E-state index in [1.807, 2.05) is 0 Å². The molecule has 0 spiro atoms. The van der Waals surface area contributed by atoms with Gasteiger partial charge in [0.1, 0.15) is 6.61 Å². The highest BCUT2D eigenvalue weighted by atomic mass is 35.5. The molecule has 0 bridgehead atoms. The highest BCUT2D eigenvalue weighted by molar-refractivity contribution is 6.33. The zero-order valence-corrected chi connectivity index (χ0v) is 13.3. The lowest BCUT2D eigenvalue weighted by molar-refractivity contribution is 0.198. The van der Waals surface area contributed by atoms with E-state index in [0.717, 1.165) is 11.1 Å². The third-order valence-corrected chi connectivity index (χ3v) is 3.66. The monoisotopic (exact) mass is 326 g/mol. The van der Waals surface area contributed by atoms with Crippen LogP contribution in [0.25, 0.3) is 0 Å². The normalized spacial score (nSPS) is 12.0. The van der Waals surface area contributed by atoms with Gasteiger partial charge in [-0.3, -0.25) is 0 Å². The number of rotatable bonds is 5. The average Bonchev–Trinajstić information content (AvgIpc) is 2.47. The van der Waals surface area contributed by atoms with Crippen LogP contribution in [0.3, 0.4) is 0 Å². The Kier molecular flexibility index (Phi) is 5.34. The van der Waals surface area contributed by atoms with Crippen molar-refractivity contribution in [2.24, 2.45) is 0 Å². The van der Waals surface area contributed by atoms with E-state index < -0.39 is 6.10 Å². The molecule has 0 saturated carbocycles. The van der Waals surface area contributed by atoms with Gasteiger partial charge >= 0.3 is 0 Å². The molecule has 0 aromatic heterocycles. The second kappa shape index (κ2) is 7.03. The first kappa shape index (κ1) is 16.0. The van der Waals surface area contributed by atoms with Crippen molar-refractivity contribution in [3.63, 3.8) is 0 Å². The van der Waals surface area contributed by atoms with E-state index in [1.165, 1.54) is 0 Å². The van der Waals surface area contributed by atoms with Gasteiger partial charge in [-0.25, -0.2) is 0 Å². The van der Waals surface area contributed by atoms with Crippen LogP contribution >= 0.6 is 23.2 Å². The minimum atomic E-state index is -0.560. The van der Waals surface area contributed by atoms with Crippen molar-refractivity contribution in [3.05, 3.63) is 57.6 Å². The summed E-state index contributed by atoms with van der Waals surface area (Å²) in [5, 5.41) is 10.8. The van der Waals surface area contributed by atoms with Gasteiger partial charge in [0.05, 0.1) is 13.2 Å². The summed E-state index contributed by atoms with van der Waals surface area (Å²) >= 11 is 12.0. The topological polar surface area (TPSA) is 38.7 Å². The van der Waals surface area contributed by atoms with Crippen molar-refractivity contribution in [3.8, 4) is 11.5 Å². The van der Waals surface area contributed by atoms with Crippen molar-refractivity contribution in [2.75, 3.05) is 7.11 Å². The molecule has 0 amide bonds. The van der Waals surface area contributed by atoms with Crippen molar-refractivity contribution < 1.29 is 14.6 Å². The van der Waals surface area contributed by atoms with E-state index in [9.17, 15) is 5.11 Å². The first-order valence-electron chi connectivity index (χ1n) is 6.44. The van der Waals surface area contributed by atoms with Gasteiger partial charge < -0.3 is 14.6 Å². The maximum atomic E-state index is 9.58. The van der Waals surface area contributed by atoms with Gasteiger partial charge in [0.15, 0.2) is 11.5 Å². The van der Waals surface area contributed by atoms with Crippen molar-refractivity contribution in [1.82, 2.24) is 0 Å². The predicted octanol–water partition coefficient (Wildman–Crippen LogP) is 4.63. The fraction of sp³-hybridized carbons (Fsp3) is 0.250. The quantitative estimate of drug-likeness (QED) is 0.870. The Balaban J connectivity index is 2.18. The van der Waals surface area contributed by atoms with E-state index in [1.54, 1.807) is 50.4 Å². The predicted molar refractivity (Wildman–Crippen MR) is 84.4 cm³/mol. The molecule has 21 heavy (non-hydrogen) atoms. The molecule has 1 atom stereocenters. The first-order chi connectivity index (χ1) is 10.0. The number of hydrogen-bond acceptors (Lipinski definition) is 3. The fourth-order valence-electron chi connectivity index (χ4n) is 1.87. The molecule has 3 nitrogen and oxygen atoms in total. The number of ether oxygens (including phenoxy) is 2. The van der Waals surface area contributed by atoms with Crippen LogP contribution in [0.5, 0.6) is 11.5 Å². The lowest BCUT2D eigenvalue weighted by Crippen LogP contribution is -2.00. The maximum Gasteiger partial charge on any atom is 0.161 e. The maximum absolute atomic E-state index is 9.58. The number of aliphatic hydroxyl groups is 1. The average molecular weight is 327 g/mol. The number of methoxy groups -OCH3 is 1. The van der Waals surface area contributed by atoms with Crippen LogP contribution in [0.4, 0.5) is 0 Å². The minimum Gasteiger partial charge on any atom is -0.493 e. The highest BCUT2D eigenvalue weighted by Gasteiger charge is 2.10. The van der Waals surface area contributed by atoms with Crippen LogP contribution in [-0.2, 0) is 6.61 Å². The summed E-state index contributed by atoms with van der Waals surface area (Å²) in [4.78, 5) is 0. The third kappa shape index (κ3) is 4.03. The summed E-state index contributed by atoms with van der Waals surface area (Å²) in [6.45, 7) is 1.98. The van der Waals surface area contributed by atoms with Gasteiger partial charge in [-0.1, -0.05) is 29.3 Å². The molecule has 0 aliphatic carbocycles. The van der Waals surface area contributed by atoms with Gasteiger partial charge in [-0.2, -0.15) is 0 Å². The molecule has 0 fully saturated rings. The van der Waals surface area contributed by atoms with E-state index in [2.05, 4.69) is 0 Å². The molecule has 2 rings (SSSR count). The number of aliphatic hydroxyl groups excluding tert-OH is 1. The standard InChI is InChI=1S/C16H16Cl2O3/c1-10(19)11-3-6-15(16(8-11)20-2)21-9-12-7-13(17)4-5-14(12)18/h3-8,10,19H,9H2,1-2H3/t10-/m0/s1. The molecule has 112 valence electrons. The molecule has 0 unspecified atom stereocenters. The number of hydrogen-bond donors (Lipinski definition) is 1. The van der Waals surface area contributed by atoms with Crippen molar-refractivity contribution in [2.45, 2.75) is 19.6 Å². The van der Waals surface area contributed by atoms with Crippen molar-refractivity contribution >= 4 is 23.2 Å². The van der Waals surface area contributed by atoms with E-state index >= 15 is 0 Å².